The third kappa shape index (κ3) is 5.68. The number of nitrogens with zero attached hydrogens (tertiary/aromatic N) is 4. The minimum absolute atomic E-state index is 0.0262. The number of halogens is 3. The monoisotopic (exact) mass is 454 g/mol. The first-order valence-corrected chi connectivity index (χ1v) is 8.24. The molecule has 0 aliphatic rings. The van der Waals surface area contributed by atoms with Gasteiger partial charge in [-0.1, -0.05) is 34.8 Å². The number of methoxy groups -OCH3 is 1. The third-order valence-electron chi connectivity index (χ3n) is 3.29. The Kier molecular flexibility index (Phi) is 7.56. The van der Waals surface area contributed by atoms with Crippen molar-refractivity contribution in [3.63, 3.8) is 0 Å². The maximum atomic E-state index is 11.5. The number of aryl methyl sites for hydroxylation is 2. The van der Waals surface area contributed by atoms with Crippen molar-refractivity contribution >= 4 is 57.9 Å². The summed E-state index contributed by atoms with van der Waals surface area (Å²) in [6, 6.07) is 2.23. The molecule has 0 fully saturated rings. The topological polar surface area (TPSA) is 140 Å². The number of hydrogen-bond donors (Lipinski definition) is 0. The SMILES string of the molecule is COC(=O)c1cc([N+](=O)[O-])cn1C.Cn1cc([N+](=O)[O-])cc1C(=O)C(Cl)(Cl)Cl. The molecule has 0 aliphatic carbocycles. The Hall–Kier alpha value is -2.63. The second-order valence-corrected chi connectivity index (χ2v) is 7.50. The molecule has 0 saturated carbocycles. The van der Waals surface area contributed by atoms with Gasteiger partial charge in [0.2, 0.25) is 5.78 Å². The van der Waals surface area contributed by atoms with Crippen LogP contribution in [0.4, 0.5) is 11.4 Å². The number of nitro groups is 2. The lowest BCUT2D eigenvalue weighted by Crippen LogP contribution is -2.21. The first-order chi connectivity index (χ1) is 12.8. The molecule has 0 N–H and O–H groups in total. The van der Waals surface area contributed by atoms with Crippen molar-refractivity contribution in [1.29, 1.82) is 0 Å². The highest BCUT2D eigenvalue weighted by Crippen LogP contribution is 2.31. The van der Waals surface area contributed by atoms with Crippen LogP contribution in [-0.4, -0.2) is 41.6 Å². The average Bonchev–Trinajstić information content (AvgIpc) is 3.16. The van der Waals surface area contributed by atoms with Crippen molar-refractivity contribution in [1.82, 2.24) is 9.13 Å². The van der Waals surface area contributed by atoms with Crippen molar-refractivity contribution in [2.24, 2.45) is 14.1 Å². The molecular formula is C14H13Cl3N4O7. The van der Waals surface area contributed by atoms with Crippen LogP contribution in [-0.2, 0) is 18.8 Å². The van der Waals surface area contributed by atoms with Gasteiger partial charge in [-0.3, -0.25) is 25.0 Å². The zero-order chi connectivity index (χ0) is 21.8. The summed E-state index contributed by atoms with van der Waals surface area (Å²) in [5, 5.41) is 20.7. The van der Waals surface area contributed by atoms with Crippen LogP contribution in [0.25, 0.3) is 0 Å². The second-order valence-electron chi connectivity index (χ2n) is 5.22. The van der Waals surface area contributed by atoms with Gasteiger partial charge in [-0.25, -0.2) is 4.79 Å². The molecule has 11 nitrogen and oxygen atoms in total. The summed E-state index contributed by atoms with van der Waals surface area (Å²) in [7, 11) is 4.22. The Morgan fingerprint density at radius 3 is 1.68 bits per heavy atom. The molecule has 0 bridgehead atoms. The molecule has 2 aromatic rings. The van der Waals surface area contributed by atoms with E-state index in [-0.39, 0.29) is 22.8 Å². The zero-order valence-electron chi connectivity index (χ0n) is 14.6. The largest absolute Gasteiger partial charge is 0.464 e. The first kappa shape index (κ1) is 23.4. The highest BCUT2D eigenvalue weighted by atomic mass is 35.6. The van der Waals surface area contributed by atoms with E-state index in [9.17, 15) is 29.8 Å². The number of aromatic nitrogens is 2. The zero-order valence-corrected chi connectivity index (χ0v) is 16.9. The van der Waals surface area contributed by atoms with Crippen molar-refractivity contribution in [2.75, 3.05) is 7.11 Å². The van der Waals surface area contributed by atoms with Gasteiger partial charge in [0.1, 0.15) is 5.69 Å². The fraction of sp³-hybridized carbons (Fsp3) is 0.286. The average molecular weight is 456 g/mol. The number of ether oxygens (including phenoxy) is 1. The van der Waals surface area contributed by atoms with Crippen molar-refractivity contribution in [3.8, 4) is 0 Å². The van der Waals surface area contributed by atoms with Crippen LogP contribution in [0, 0.1) is 20.2 Å². The lowest BCUT2D eigenvalue weighted by molar-refractivity contribution is -0.385. The second kappa shape index (κ2) is 9.04. The van der Waals surface area contributed by atoms with Gasteiger partial charge in [-0.05, 0) is 0 Å². The molecule has 0 unspecified atom stereocenters. The summed E-state index contributed by atoms with van der Waals surface area (Å²) in [5.74, 6) is -1.39. The van der Waals surface area contributed by atoms with E-state index < -0.39 is 25.4 Å². The van der Waals surface area contributed by atoms with E-state index in [4.69, 9.17) is 34.8 Å². The van der Waals surface area contributed by atoms with E-state index in [1.54, 1.807) is 7.05 Å². The van der Waals surface area contributed by atoms with E-state index in [1.165, 1.54) is 41.8 Å². The molecule has 0 spiro atoms. The fourth-order valence-electron chi connectivity index (χ4n) is 1.97. The molecule has 0 saturated heterocycles. The van der Waals surface area contributed by atoms with Crippen molar-refractivity contribution in [3.05, 3.63) is 56.1 Å². The third-order valence-corrected chi connectivity index (χ3v) is 3.80. The number of ketones is 1. The number of Topliss-reactive ketones (excluding diaryl/α,β-unsaturated/α-hetero) is 1. The highest BCUT2D eigenvalue weighted by Gasteiger charge is 2.34. The van der Waals surface area contributed by atoms with Gasteiger partial charge in [-0.15, -0.1) is 0 Å². The predicted octanol–water partition coefficient (Wildman–Crippen LogP) is 3.21. The smallest absolute Gasteiger partial charge is 0.354 e. The van der Waals surface area contributed by atoms with Gasteiger partial charge < -0.3 is 13.9 Å². The molecule has 0 amide bonds. The molecule has 28 heavy (non-hydrogen) atoms. The van der Waals surface area contributed by atoms with Gasteiger partial charge >= 0.3 is 5.97 Å². The highest BCUT2D eigenvalue weighted by molar-refractivity contribution is 6.77. The van der Waals surface area contributed by atoms with E-state index in [0.29, 0.717) is 0 Å². The summed E-state index contributed by atoms with van der Waals surface area (Å²) < 4.78 is 4.91. The molecule has 2 aromatic heterocycles. The Morgan fingerprint density at radius 2 is 1.36 bits per heavy atom. The van der Waals surface area contributed by atoms with E-state index in [0.717, 1.165) is 6.07 Å². The summed E-state index contributed by atoms with van der Waals surface area (Å²) in [6.45, 7) is 0. The number of alkyl halides is 3. The predicted molar refractivity (Wildman–Crippen MR) is 100 cm³/mol. The van der Waals surface area contributed by atoms with E-state index in [2.05, 4.69) is 4.74 Å². The van der Waals surface area contributed by atoms with Crippen LogP contribution >= 0.6 is 34.8 Å². The van der Waals surface area contributed by atoms with Gasteiger partial charge in [0.25, 0.3) is 15.2 Å². The molecule has 2 rings (SSSR count). The lowest BCUT2D eigenvalue weighted by Gasteiger charge is -2.08. The van der Waals surface area contributed by atoms with Gasteiger partial charge in [0.15, 0.2) is 0 Å². The van der Waals surface area contributed by atoms with Gasteiger partial charge in [0, 0.05) is 26.2 Å². The lowest BCUT2D eigenvalue weighted by atomic mass is 10.3. The van der Waals surface area contributed by atoms with Crippen LogP contribution in [0.5, 0.6) is 0 Å². The van der Waals surface area contributed by atoms with Crippen LogP contribution < -0.4 is 0 Å². The number of hydrogen-bond acceptors (Lipinski definition) is 7. The number of rotatable bonds is 4. The molecule has 0 radical (unpaired) electrons. The maximum Gasteiger partial charge on any atom is 0.354 e. The van der Waals surface area contributed by atoms with Gasteiger partial charge in [-0.2, -0.15) is 0 Å². The number of esters is 1. The Bertz CT molecular complexity index is 930. The van der Waals surface area contributed by atoms with Gasteiger partial charge in [0.05, 0.1) is 35.0 Å². The Morgan fingerprint density at radius 1 is 0.964 bits per heavy atom. The number of carbonyl (C=O) groups is 2. The number of carbonyl (C=O) groups excluding carboxylic acids is 2. The standard InChI is InChI=1S/C7H5Cl3N2O3.C7H8N2O4/c1-11-3-4(12(14)15)2-5(11)6(13)7(8,9)10;1-8-4-5(9(11)12)3-6(8)7(10)13-2/h2-3H,1H3;3-4H,1-2H3. The first-order valence-electron chi connectivity index (χ1n) is 7.11. The van der Waals surface area contributed by atoms with Crippen LogP contribution in [0.15, 0.2) is 24.5 Å². The summed E-state index contributed by atoms with van der Waals surface area (Å²) in [5.41, 5.74) is -0.214. The van der Waals surface area contributed by atoms with Crippen LogP contribution in [0.2, 0.25) is 0 Å². The van der Waals surface area contributed by atoms with Crippen molar-refractivity contribution < 1.29 is 24.2 Å². The Labute approximate surface area is 172 Å². The molecule has 14 heteroatoms. The minimum atomic E-state index is -2.11. The van der Waals surface area contributed by atoms with E-state index >= 15 is 0 Å². The van der Waals surface area contributed by atoms with Crippen molar-refractivity contribution in [2.45, 2.75) is 3.79 Å². The summed E-state index contributed by atoms with van der Waals surface area (Å²) in [4.78, 5) is 42.0. The molecule has 152 valence electrons. The summed E-state index contributed by atoms with van der Waals surface area (Å²) >= 11 is 16.1. The molecule has 0 aliphatic heterocycles. The van der Waals surface area contributed by atoms with E-state index in [1.807, 2.05) is 0 Å². The minimum Gasteiger partial charge on any atom is -0.464 e. The maximum absolute atomic E-state index is 11.5. The normalized spacial score (nSPS) is 10.6. The van der Waals surface area contributed by atoms with Crippen LogP contribution in [0.1, 0.15) is 21.0 Å². The molecule has 0 aromatic carbocycles. The van der Waals surface area contributed by atoms with Crippen LogP contribution in [0.3, 0.4) is 0 Å². The fourth-order valence-corrected chi connectivity index (χ4v) is 2.26. The molecular weight excluding hydrogens is 443 g/mol. The summed E-state index contributed by atoms with van der Waals surface area (Å²) in [6.07, 6.45) is 2.43. The molecule has 0 atom stereocenters. The molecule has 2 heterocycles. The quantitative estimate of drug-likeness (QED) is 0.227. The Balaban J connectivity index is 0.000000283.